The van der Waals surface area contributed by atoms with Crippen LogP contribution in [0, 0.1) is 10.4 Å². The number of H-pyrrole nitrogens is 1. The van der Waals surface area contributed by atoms with Gasteiger partial charge in [0.25, 0.3) is 5.56 Å². The summed E-state index contributed by atoms with van der Waals surface area (Å²) in [6.45, 7) is 0. The molecule has 0 unspecified atom stereocenters. The first-order valence-corrected chi connectivity index (χ1v) is 5.17. The zero-order valence-electron chi connectivity index (χ0n) is 9.01. The molecule has 6 nitrogen and oxygen atoms in total. The first kappa shape index (κ1) is 10.4. The van der Waals surface area contributed by atoms with Gasteiger partial charge in [-0.15, -0.1) is 0 Å². The molecule has 1 aromatic heterocycles. The Morgan fingerprint density at radius 2 is 2.00 bits per heavy atom. The van der Waals surface area contributed by atoms with E-state index in [-0.39, 0.29) is 11.6 Å². The van der Waals surface area contributed by atoms with E-state index in [0.717, 1.165) is 0 Å². The molecule has 0 saturated heterocycles. The van der Waals surface area contributed by atoms with Gasteiger partial charge in [0, 0.05) is 22.4 Å². The van der Waals surface area contributed by atoms with Crippen molar-refractivity contribution in [1.29, 1.82) is 0 Å². The highest BCUT2D eigenvalue weighted by Crippen LogP contribution is 2.30. The van der Waals surface area contributed by atoms with E-state index >= 15 is 0 Å². The van der Waals surface area contributed by atoms with Gasteiger partial charge >= 0.3 is 0 Å². The fourth-order valence-corrected chi connectivity index (χ4v) is 2.18. The summed E-state index contributed by atoms with van der Waals surface area (Å²) in [5.41, 5.74) is 0.115. The van der Waals surface area contributed by atoms with Gasteiger partial charge in [0.05, 0.1) is 5.56 Å². The highest BCUT2D eigenvalue weighted by atomic mass is 16.8. The van der Waals surface area contributed by atoms with Gasteiger partial charge in [0.15, 0.2) is 5.88 Å². The van der Waals surface area contributed by atoms with Crippen molar-refractivity contribution in [2.45, 2.75) is 0 Å². The van der Waals surface area contributed by atoms with Crippen molar-refractivity contribution in [2.24, 2.45) is 0 Å². The Morgan fingerprint density at radius 1 is 1.22 bits per heavy atom. The third kappa shape index (κ3) is 1.22. The molecule has 0 atom stereocenters. The lowest BCUT2D eigenvalue weighted by Crippen LogP contribution is -2.18. The summed E-state index contributed by atoms with van der Waals surface area (Å²) in [6, 6.07) is 4.76. The monoisotopic (exact) mass is 243 g/mol. The number of nitrogens with one attached hydrogen (secondary N) is 1. The van der Waals surface area contributed by atoms with Crippen molar-refractivity contribution in [3.63, 3.8) is 0 Å². The van der Waals surface area contributed by atoms with Crippen molar-refractivity contribution in [3.8, 4) is 5.88 Å². The molecule has 18 heavy (non-hydrogen) atoms. The number of aromatic hydroxyl groups is 1. The molecule has 6 heteroatoms. The van der Waals surface area contributed by atoms with Crippen molar-refractivity contribution in [2.75, 3.05) is 0 Å². The van der Waals surface area contributed by atoms with E-state index in [4.69, 9.17) is 0 Å². The molecule has 0 spiro atoms. The first-order chi connectivity index (χ1) is 8.59. The topological polar surface area (TPSA) is 102 Å². The lowest BCUT2D eigenvalue weighted by Gasteiger charge is -2.15. The molecule has 1 aromatic carbocycles. The van der Waals surface area contributed by atoms with Gasteiger partial charge in [-0.25, -0.2) is 0 Å². The second-order valence-electron chi connectivity index (χ2n) is 3.92. The Labute approximate surface area is 100 Å². The summed E-state index contributed by atoms with van der Waals surface area (Å²) in [4.78, 5) is 13.5. The number of aromatic nitrogens is 1. The second kappa shape index (κ2) is 3.36. The second-order valence-corrected chi connectivity index (χ2v) is 3.92. The minimum Gasteiger partial charge on any atom is -0.612 e. The van der Waals surface area contributed by atoms with E-state index in [1.54, 1.807) is 18.2 Å². The minimum absolute atomic E-state index is 0.0851. The van der Waals surface area contributed by atoms with E-state index in [9.17, 15) is 20.3 Å². The van der Waals surface area contributed by atoms with Crippen LogP contribution in [0.4, 0.5) is 0 Å². The number of rotatable bonds is 0. The van der Waals surface area contributed by atoms with Gasteiger partial charge in [-0.3, -0.25) is 9.78 Å². The van der Waals surface area contributed by atoms with Crippen LogP contribution < -0.4 is 5.56 Å². The average Bonchev–Trinajstić information content (AvgIpc) is 2.34. The van der Waals surface area contributed by atoms with Crippen molar-refractivity contribution in [3.05, 3.63) is 56.2 Å². The minimum atomic E-state index is -0.507. The average molecular weight is 243 g/mol. The van der Waals surface area contributed by atoms with Crippen LogP contribution in [0.15, 0.2) is 29.1 Å². The van der Waals surface area contributed by atoms with Crippen LogP contribution in [0.1, 0.15) is 11.1 Å². The third-order valence-electron chi connectivity index (χ3n) is 2.95. The molecule has 0 fully saturated rings. The molecule has 0 saturated carbocycles. The molecular formula is C12H7N2O4-. The van der Waals surface area contributed by atoms with Crippen LogP contribution in [-0.2, 0) is 0 Å². The van der Waals surface area contributed by atoms with Crippen molar-refractivity contribution >= 4 is 22.6 Å². The SMILES string of the molecule is O=c1[nH]c(O)c2cccc3c2c1C=CC3=[N+]([O-])[O-]. The van der Waals surface area contributed by atoms with Gasteiger partial charge in [0.1, 0.15) is 0 Å². The number of nitrogens with zero attached hydrogens (tertiary/aromatic N) is 1. The smallest absolute Gasteiger partial charge is 0.258 e. The van der Waals surface area contributed by atoms with Crippen LogP contribution in [0.3, 0.4) is 0 Å². The molecule has 2 aromatic rings. The van der Waals surface area contributed by atoms with Crippen LogP contribution in [-0.4, -0.2) is 20.7 Å². The van der Waals surface area contributed by atoms with Crippen LogP contribution in [0.25, 0.3) is 16.8 Å². The number of aromatic amines is 1. The Kier molecular flexibility index (Phi) is 1.94. The van der Waals surface area contributed by atoms with Gasteiger partial charge in [-0.1, -0.05) is 6.07 Å². The zero-order valence-corrected chi connectivity index (χ0v) is 9.01. The van der Waals surface area contributed by atoms with Gasteiger partial charge in [-0.2, -0.15) is 4.90 Å². The van der Waals surface area contributed by atoms with Crippen LogP contribution in [0.2, 0.25) is 0 Å². The normalized spacial score (nSPS) is 13.0. The predicted molar refractivity (Wildman–Crippen MR) is 66.4 cm³/mol. The molecule has 1 aliphatic carbocycles. The predicted octanol–water partition coefficient (Wildman–Crippen LogP) is 1.06. The van der Waals surface area contributed by atoms with Crippen LogP contribution in [0.5, 0.6) is 5.88 Å². The number of pyridine rings is 1. The Hall–Kier alpha value is -2.76. The fraction of sp³-hybridized carbons (Fsp3) is 0. The Bertz CT molecular complexity index is 782. The van der Waals surface area contributed by atoms with E-state index < -0.39 is 10.5 Å². The van der Waals surface area contributed by atoms with Crippen molar-refractivity contribution in [1.82, 2.24) is 4.98 Å². The summed E-state index contributed by atoms with van der Waals surface area (Å²) in [5, 5.41) is 32.4. The van der Waals surface area contributed by atoms with Gasteiger partial charge < -0.3 is 15.5 Å². The highest BCUT2D eigenvalue weighted by molar-refractivity contribution is 6.20. The summed E-state index contributed by atoms with van der Waals surface area (Å²) >= 11 is 0. The molecule has 1 heterocycles. The molecule has 2 N–H and O–H groups in total. The molecule has 0 amide bonds. The lowest BCUT2D eigenvalue weighted by molar-refractivity contribution is -0.377. The van der Waals surface area contributed by atoms with Gasteiger partial charge in [0.2, 0.25) is 5.71 Å². The summed E-state index contributed by atoms with van der Waals surface area (Å²) in [5.74, 6) is -0.279. The maximum atomic E-state index is 11.7. The molecular weight excluding hydrogens is 236 g/mol. The number of hydrogen-bond acceptors (Lipinski definition) is 4. The van der Waals surface area contributed by atoms with E-state index in [0.29, 0.717) is 21.9 Å². The van der Waals surface area contributed by atoms with Crippen LogP contribution >= 0.6 is 0 Å². The first-order valence-electron chi connectivity index (χ1n) is 5.17. The molecule has 1 aliphatic rings. The quantitative estimate of drug-likeness (QED) is 0.533. The van der Waals surface area contributed by atoms with E-state index in [1.165, 1.54) is 12.2 Å². The molecule has 3 rings (SSSR count). The number of allylic oxidation sites excluding steroid dienone is 1. The Morgan fingerprint density at radius 3 is 2.72 bits per heavy atom. The maximum Gasteiger partial charge on any atom is 0.258 e. The lowest BCUT2D eigenvalue weighted by atomic mass is 9.93. The third-order valence-corrected chi connectivity index (χ3v) is 2.95. The Balaban J connectivity index is 2.60. The van der Waals surface area contributed by atoms with Crippen molar-refractivity contribution < 1.29 is 10.0 Å². The highest BCUT2D eigenvalue weighted by Gasteiger charge is 2.21. The summed E-state index contributed by atoms with van der Waals surface area (Å²) < 4.78 is 0. The fourth-order valence-electron chi connectivity index (χ4n) is 2.18. The molecule has 0 bridgehead atoms. The maximum absolute atomic E-state index is 11.7. The van der Waals surface area contributed by atoms with Gasteiger partial charge in [-0.05, 0) is 18.2 Å². The summed E-state index contributed by atoms with van der Waals surface area (Å²) in [7, 11) is 0. The standard InChI is InChI=1S/C12H7N2O4/c15-11-7-3-1-2-6-9(14(17)18)5-4-8(10(6)7)12(16)13-11/h1-5H,(H2-,13,15,16,17,18)/q-1. The number of hydrogen-bond donors (Lipinski definition) is 2. The van der Waals surface area contributed by atoms with E-state index in [2.05, 4.69) is 4.98 Å². The largest absolute Gasteiger partial charge is 0.612 e. The number of benzene rings is 1. The molecule has 90 valence electrons. The summed E-state index contributed by atoms with van der Waals surface area (Å²) in [6.07, 6.45) is 2.69. The zero-order chi connectivity index (χ0) is 12.9. The van der Waals surface area contributed by atoms with E-state index in [1.807, 2.05) is 0 Å². The molecule has 0 aliphatic heterocycles. The molecule has 0 radical (unpaired) electrons.